The van der Waals surface area contributed by atoms with Gasteiger partial charge in [-0.15, -0.1) is 6.58 Å². The molecular formula is C35H48N6O8S. The second kappa shape index (κ2) is 13.9. The summed E-state index contributed by atoms with van der Waals surface area (Å²) in [6.45, 7) is 8.50. The highest BCUT2D eigenvalue weighted by Gasteiger charge is 2.62. The normalized spacial score (nSPS) is 29.0. The van der Waals surface area contributed by atoms with Crippen LogP contribution in [-0.4, -0.2) is 102 Å². The SMILES string of the molecule is C=C[C@@H]1C[C@]1(NC(=O)[C@@H]1C[C@@H]2CN1C(=O)[C@H](C(C)C)NC(=O)N(C)CCCCCc1cccc3c1CN(C3)C(=O)O2)C(=O)NS(=O)(=O)C1CC1. The van der Waals surface area contributed by atoms with Crippen molar-refractivity contribution in [3.05, 3.63) is 47.5 Å². The molecule has 3 N–H and O–H groups in total. The van der Waals surface area contributed by atoms with Gasteiger partial charge in [0.05, 0.1) is 11.8 Å². The first-order chi connectivity index (χ1) is 23.7. The largest absolute Gasteiger partial charge is 0.444 e. The van der Waals surface area contributed by atoms with E-state index >= 15 is 0 Å². The third kappa shape index (κ3) is 7.19. The Hall–Kier alpha value is -4.14. The molecule has 0 unspecified atom stereocenters. The van der Waals surface area contributed by atoms with Gasteiger partial charge in [0.2, 0.25) is 21.8 Å². The van der Waals surface area contributed by atoms with Crippen molar-refractivity contribution in [1.82, 2.24) is 30.1 Å². The van der Waals surface area contributed by atoms with Crippen molar-refractivity contribution in [2.75, 3.05) is 20.1 Å². The molecule has 5 aliphatic rings. The highest BCUT2D eigenvalue weighted by Crippen LogP contribution is 2.45. The first-order valence-corrected chi connectivity index (χ1v) is 19.2. The zero-order valence-corrected chi connectivity index (χ0v) is 29.8. The molecule has 3 fully saturated rings. The topological polar surface area (TPSA) is 175 Å². The minimum absolute atomic E-state index is 0.0508. The van der Waals surface area contributed by atoms with Crippen LogP contribution < -0.4 is 15.4 Å². The predicted octanol–water partition coefficient (Wildman–Crippen LogP) is 2.17. The van der Waals surface area contributed by atoms with E-state index in [1.54, 1.807) is 30.7 Å². The van der Waals surface area contributed by atoms with Crippen molar-refractivity contribution in [2.24, 2.45) is 11.8 Å². The van der Waals surface area contributed by atoms with Crippen LogP contribution in [0.2, 0.25) is 0 Å². The molecule has 14 nitrogen and oxygen atoms in total. The van der Waals surface area contributed by atoms with E-state index in [4.69, 9.17) is 4.74 Å². The van der Waals surface area contributed by atoms with E-state index in [1.807, 2.05) is 12.1 Å². The number of carbonyl (C=O) groups excluding carboxylic acids is 5. The molecular weight excluding hydrogens is 664 g/mol. The molecule has 0 spiro atoms. The van der Waals surface area contributed by atoms with Crippen LogP contribution in [0.25, 0.3) is 0 Å². The highest BCUT2D eigenvalue weighted by molar-refractivity contribution is 7.91. The van der Waals surface area contributed by atoms with Gasteiger partial charge in [-0.1, -0.05) is 44.5 Å². The summed E-state index contributed by atoms with van der Waals surface area (Å²) in [5.41, 5.74) is 1.78. The zero-order valence-electron chi connectivity index (χ0n) is 29.0. The number of hydrogen-bond donors (Lipinski definition) is 3. The monoisotopic (exact) mass is 712 g/mol. The van der Waals surface area contributed by atoms with Crippen molar-refractivity contribution in [1.29, 1.82) is 0 Å². The molecule has 5 atom stereocenters. The molecule has 272 valence electrons. The van der Waals surface area contributed by atoms with E-state index in [0.29, 0.717) is 32.5 Å². The summed E-state index contributed by atoms with van der Waals surface area (Å²) in [5.74, 6) is -2.94. The number of benzene rings is 1. The molecule has 6 amide bonds. The lowest BCUT2D eigenvalue weighted by atomic mass is 9.98. The minimum Gasteiger partial charge on any atom is -0.444 e. The Labute approximate surface area is 293 Å². The van der Waals surface area contributed by atoms with E-state index in [-0.39, 0.29) is 25.3 Å². The number of sulfonamides is 1. The fourth-order valence-corrected chi connectivity index (χ4v) is 8.71. The second-order valence-corrected chi connectivity index (χ2v) is 16.7. The van der Waals surface area contributed by atoms with Gasteiger partial charge < -0.3 is 25.2 Å². The molecule has 4 bridgehead atoms. The van der Waals surface area contributed by atoms with Gasteiger partial charge in [0.15, 0.2) is 0 Å². The molecule has 15 heteroatoms. The smallest absolute Gasteiger partial charge is 0.410 e. The lowest BCUT2D eigenvalue weighted by Crippen LogP contribution is -2.59. The van der Waals surface area contributed by atoms with Crippen molar-refractivity contribution in [3.63, 3.8) is 0 Å². The molecule has 3 aliphatic heterocycles. The molecule has 2 saturated carbocycles. The summed E-state index contributed by atoms with van der Waals surface area (Å²) in [5, 5.41) is 4.96. The Balaban J connectivity index is 1.26. The van der Waals surface area contributed by atoms with Gasteiger partial charge in [0.25, 0.3) is 5.91 Å². The summed E-state index contributed by atoms with van der Waals surface area (Å²) < 4.78 is 33.3. The van der Waals surface area contributed by atoms with Crippen molar-refractivity contribution >= 4 is 39.9 Å². The molecule has 0 radical (unpaired) electrons. The van der Waals surface area contributed by atoms with Crippen LogP contribution >= 0.6 is 0 Å². The van der Waals surface area contributed by atoms with E-state index < -0.39 is 74.8 Å². The van der Waals surface area contributed by atoms with Crippen LogP contribution in [-0.2, 0) is 48.7 Å². The molecule has 6 rings (SSSR count). The summed E-state index contributed by atoms with van der Waals surface area (Å²) >= 11 is 0. The van der Waals surface area contributed by atoms with Crippen molar-refractivity contribution in [3.8, 4) is 0 Å². The first kappa shape index (κ1) is 35.7. The molecule has 1 saturated heterocycles. The van der Waals surface area contributed by atoms with Crippen LogP contribution in [0, 0.1) is 11.8 Å². The lowest BCUT2D eigenvalue weighted by Gasteiger charge is -2.32. The maximum Gasteiger partial charge on any atom is 0.410 e. The number of hydrogen-bond acceptors (Lipinski definition) is 8. The fraction of sp³-hybridized carbons (Fsp3) is 0.629. The second-order valence-electron chi connectivity index (χ2n) is 14.7. The number of carbonyl (C=O) groups is 5. The molecule has 2 aliphatic carbocycles. The maximum atomic E-state index is 14.3. The Morgan fingerprint density at radius 2 is 1.84 bits per heavy atom. The summed E-state index contributed by atoms with van der Waals surface area (Å²) in [7, 11) is -2.21. The maximum absolute atomic E-state index is 14.3. The average molecular weight is 713 g/mol. The Morgan fingerprint density at radius 3 is 2.52 bits per heavy atom. The van der Waals surface area contributed by atoms with E-state index in [9.17, 15) is 32.4 Å². The summed E-state index contributed by atoms with van der Waals surface area (Å²) in [6.07, 6.45) is 4.52. The van der Waals surface area contributed by atoms with Gasteiger partial charge in [-0.25, -0.2) is 18.0 Å². The summed E-state index contributed by atoms with van der Waals surface area (Å²) in [6, 6.07) is 3.50. The van der Waals surface area contributed by atoms with Gasteiger partial charge in [-0.3, -0.25) is 24.0 Å². The Kier molecular flexibility index (Phi) is 9.90. The van der Waals surface area contributed by atoms with E-state index in [1.165, 1.54) is 16.5 Å². The third-order valence-electron chi connectivity index (χ3n) is 10.7. The Morgan fingerprint density at radius 1 is 1.10 bits per heavy atom. The third-order valence-corrected chi connectivity index (χ3v) is 12.5. The van der Waals surface area contributed by atoms with Gasteiger partial charge in [0, 0.05) is 39.0 Å². The molecule has 1 aromatic rings. The number of aryl methyl sites for hydroxylation is 1. The lowest BCUT2D eigenvalue weighted by molar-refractivity contribution is -0.141. The predicted molar refractivity (Wildman–Crippen MR) is 183 cm³/mol. The molecule has 50 heavy (non-hydrogen) atoms. The van der Waals surface area contributed by atoms with Gasteiger partial charge >= 0.3 is 12.1 Å². The van der Waals surface area contributed by atoms with Crippen molar-refractivity contribution in [2.45, 2.75) is 107 Å². The number of amides is 6. The molecule has 1 aromatic carbocycles. The number of ether oxygens (including phenoxy) is 1. The van der Waals surface area contributed by atoms with Gasteiger partial charge in [-0.2, -0.15) is 0 Å². The number of urea groups is 1. The molecule has 0 aromatic heterocycles. The van der Waals surface area contributed by atoms with E-state index in [2.05, 4.69) is 28.0 Å². The van der Waals surface area contributed by atoms with Crippen LogP contribution in [0.5, 0.6) is 0 Å². The highest BCUT2D eigenvalue weighted by atomic mass is 32.2. The molecule has 3 heterocycles. The van der Waals surface area contributed by atoms with Gasteiger partial charge in [0.1, 0.15) is 23.7 Å². The summed E-state index contributed by atoms with van der Waals surface area (Å²) in [4.78, 5) is 73.0. The number of nitrogens with one attached hydrogen (secondary N) is 3. The minimum atomic E-state index is -3.89. The first-order valence-electron chi connectivity index (χ1n) is 17.6. The van der Waals surface area contributed by atoms with Crippen LogP contribution in [0.3, 0.4) is 0 Å². The van der Waals surface area contributed by atoms with Crippen LogP contribution in [0.4, 0.5) is 9.59 Å². The standard InChI is InChI=1S/C35H48N6O8S/c1-5-24-17-35(24,32(44)38-50(47,48)26-13-14-26)37-30(42)28-16-25-19-41(28)31(43)29(21(2)3)36-33(45)39(4)15-8-6-7-10-22-11-9-12-23-18-40(20-27(22)23)34(46)49-25/h5,9,11-12,21,24-26,28-29H,1,6-8,10,13-20H2,2-4H3,(H,36,45)(H,37,42)(H,38,44)/t24-,25-,28+,29+,35-/m1/s1. The van der Waals surface area contributed by atoms with Crippen LogP contribution in [0.15, 0.2) is 30.9 Å². The quantitative estimate of drug-likeness (QED) is 0.361. The zero-order chi connectivity index (χ0) is 36.0. The number of fused-ring (bicyclic) bond motifs is 3. The van der Waals surface area contributed by atoms with Crippen molar-refractivity contribution < 1.29 is 37.1 Å². The average Bonchev–Trinajstić information content (AvgIpc) is 3.96. The fourth-order valence-electron chi connectivity index (χ4n) is 7.34. The van der Waals surface area contributed by atoms with Gasteiger partial charge in [-0.05, 0) is 61.1 Å². The number of nitrogens with zero attached hydrogens (tertiary/aromatic N) is 3. The van der Waals surface area contributed by atoms with E-state index in [0.717, 1.165) is 36.8 Å². The van der Waals surface area contributed by atoms with Crippen LogP contribution in [0.1, 0.15) is 75.5 Å². The number of rotatable bonds is 7. The Bertz CT molecular complexity index is 1680.